The molecule has 0 aliphatic carbocycles. The third kappa shape index (κ3) is 9.43. The van der Waals surface area contributed by atoms with Gasteiger partial charge in [-0.15, -0.1) is 0 Å². The summed E-state index contributed by atoms with van der Waals surface area (Å²) in [5, 5.41) is 3.13. The van der Waals surface area contributed by atoms with Crippen molar-refractivity contribution in [2.24, 2.45) is 0 Å². The van der Waals surface area contributed by atoms with Crippen molar-refractivity contribution in [2.45, 2.75) is 13.0 Å². The number of para-hydroxylation sites is 1. The first-order valence-electron chi connectivity index (χ1n) is 16.3. The molecule has 0 bridgehead atoms. The zero-order chi connectivity index (χ0) is 36.3. The van der Waals surface area contributed by atoms with Crippen LogP contribution in [0.4, 0.5) is 31.0 Å². The van der Waals surface area contributed by atoms with E-state index in [0.717, 1.165) is 56.2 Å². The Morgan fingerprint density at radius 3 is 2.27 bits per heavy atom. The van der Waals surface area contributed by atoms with Gasteiger partial charge in [-0.05, 0) is 49.9 Å². The Balaban J connectivity index is 1.40. The molecule has 1 aromatic heterocycles. The molecule has 2 heterocycles. The summed E-state index contributed by atoms with van der Waals surface area (Å²) in [6.45, 7) is 5.32. The summed E-state index contributed by atoms with van der Waals surface area (Å²) in [5.74, 6) is -0.567. The number of nitrogens with zero attached hydrogens (tertiary/aromatic N) is 5. The van der Waals surface area contributed by atoms with Gasteiger partial charge in [0, 0.05) is 62.3 Å². The largest absolute Gasteiger partial charge is 0.497 e. The van der Waals surface area contributed by atoms with E-state index in [0.29, 0.717) is 46.6 Å². The van der Waals surface area contributed by atoms with Crippen LogP contribution in [0.15, 0.2) is 60.8 Å². The molecule has 0 saturated carbocycles. The van der Waals surface area contributed by atoms with Crippen LogP contribution in [-0.4, -0.2) is 101 Å². The van der Waals surface area contributed by atoms with E-state index in [1.54, 1.807) is 30.3 Å². The van der Waals surface area contributed by atoms with Crippen molar-refractivity contribution in [3.63, 3.8) is 0 Å². The normalized spacial score (nSPS) is 13.3. The maximum atomic E-state index is 14.5. The first-order valence-corrected chi connectivity index (χ1v) is 16.3. The second-order valence-electron chi connectivity index (χ2n) is 11.6. The Hall–Kier alpha value is -5.41. The van der Waals surface area contributed by atoms with Crippen LogP contribution < -0.4 is 38.6 Å². The fourth-order valence-electron chi connectivity index (χ4n) is 5.48. The fraction of sp³-hybridized carbons (Fsp3) is 0.361. The maximum absolute atomic E-state index is 14.5. The predicted molar refractivity (Wildman–Crippen MR) is 187 cm³/mol. The summed E-state index contributed by atoms with van der Waals surface area (Å²) in [6.07, 6.45) is 1.14. The van der Waals surface area contributed by atoms with Crippen LogP contribution in [0, 0.1) is 11.6 Å². The van der Waals surface area contributed by atoms with E-state index in [2.05, 4.69) is 32.1 Å². The minimum atomic E-state index is -1.10. The molecule has 0 spiro atoms. The van der Waals surface area contributed by atoms with E-state index in [1.807, 2.05) is 0 Å². The molecule has 5 rings (SSSR count). The number of anilines is 3. The second-order valence-corrected chi connectivity index (χ2v) is 11.6. The smallest absolute Gasteiger partial charge is 0.421 e. The number of carbonyl (C=O) groups is 1. The molecular formula is C36H42F2N6O7. The lowest BCUT2D eigenvalue weighted by molar-refractivity contribution is 0.145. The fourth-order valence-corrected chi connectivity index (χ4v) is 5.48. The number of aromatic nitrogens is 2. The van der Waals surface area contributed by atoms with Crippen LogP contribution in [0.1, 0.15) is 12.0 Å². The summed E-state index contributed by atoms with van der Waals surface area (Å²) in [6, 6.07) is 13.1. The van der Waals surface area contributed by atoms with Gasteiger partial charge in [0.1, 0.15) is 17.3 Å². The number of hydrogen-bond acceptors (Lipinski definition) is 12. The van der Waals surface area contributed by atoms with Crippen LogP contribution in [0.3, 0.4) is 0 Å². The quantitative estimate of drug-likeness (QED) is 0.151. The Kier molecular flexibility index (Phi) is 12.6. The van der Waals surface area contributed by atoms with E-state index >= 15 is 0 Å². The van der Waals surface area contributed by atoms with E-state index in [1.165, 1.54) is 46.8 Å². The molecule has 1 fully saturated rings. The Morgan fingerprint density at radius 2 is 1.59 bits per heavy atom. The van der Waals surface area contributed by atoms with Crippen molar-refractivity contribution >= 4 is 23.5 Å². The molecule has 13 nitrogen and oxygen atoms in total. The highest BCUT2D eigenvalue weighted by Crippen LogP contribution is 2.41. The number of nitrogens with one attached hydrogen (secondary N) is 1. The third-order valence-corrected chi connectivity index (χ3v) is 8.24. The molecule has 51 heavy (non-hydrogen) atoms. The van der Waals surface area contributed by atoms with Gasteiger partial charge in [0.25, 0.3) is 0 Å². The van der Waals surface area contributed by atoms with Gasteiger partial charge in [-0.3, -0.25) is 4.90 Å². The number of amides is 1. The molecule has 1 aliphatic rings. The number of likely N-dealkylation sites (N-methyl/N-ethyl adjacent to an activating group) is 1. The maximum Gasteiger partial charge on any atom is 0.421 e. The Morgan fingerprint density at radius 1 is 0.863 bits per heavy atom. The number of piperazine rings is 1. The lowest BCUT2D eigenvalue weighted by atomic mass is 10.1. The van der Waals surface area contributed by atoms with Gasteiger partial charge in [-0.1, -0.05) is 6.07 Å². The third-order valence-electron chi connectivity index (χ3n) is 8.24. The summed E-state index contributed by atoms with van der Waals surface area (Å²) in [5.41, 5.74) is 1.01. The zero-order valence-electron chi connectivity index (χ0n) is 29.3. The van der Waals surface area contributed by atoms with E-state index in [-0.39, 0.29) is 18.3 Å². The van der Waals surface area contributed by atoms with Crippen molar-refractivity contribution in [2.75, 3.05) is 85.0 Å². The van der Waals surface area contributed by atoms with Gasteiger partial charge < -0.3 is 43.5 Å². The highest BCUT2D eigenvalue weighted by molar-refractivity contribution is 5.88. The molecule has 1 N–H and O–H groups in total. The molecule has 1 aliphatic heterocycles. The molecular weight excluding hydrogens is 666 g/mol. The van der Waals surface area contributed by atoms with Crippen molar-refractivity contribution in [3.05, 3.63) is 78.0 Å². The zero-order valence-corrected chi connectivity index (χ0v) is 29.3. The van der Waals surface area contributed by atoms with Gasteiger partial charge in [0.2, 0.25) is 17.4 Å². The topological polar surface area (TPSA) is 120 Å². The predicted octanol–water partition coefficient (Wildman–Crippen LogP) is 5.75. The molecule has 0 radical (unpaired) electrons. The van der Waals surface area contributed by atoms with Gasteiger partial charge in [-0.2, -0.15) is 4.98 Å². The standard InChI is InChI=1S/C36H42F2N6O7/c1-42-15-17-43(18-16-42)14-7-19-50-31-22-25(21-30(48-4)34(31)49-5)40-35-39-13-12-32(41-35)44(23-24-20-26(46-2)10-11-29(24)47-3)36(45)51-33-27(37)8-6-9-28(33)38/h6,8-13,20-22H,7,14-19,23H2,1-5H3,(H,39,40,41). The highest BCUT2D eigenvalue weighted by Gasteiger charge is 2.26. The SMILES string of the molecule is COc1ccc(OC)c(CN(C(=O)Oc2c(F)cccc2F)c2ccnc(Nc3cc(OC)c(OC)c(OCCCN4CCN(C)CC4)c3)n2)c1. The van der Waals surface area contributed by atoms with Crippen molar-refractivity contribution in [1.29, 1.82) is 0 Å². The minimum Gasteiger partial charge on any atom is -0.497 e. The number of halogens is 2. The van der Waals surface area contributed by atoms with Crippen LogP contribution >= 0.6 is 0 Å². The summed E-state index contributed by atoms with van der Waals surface area (Å²) in [7, 11) is 8.16. The summed E-state index contributed by atoms with van der Waals surface area (Å²) >= 11 is 0. The van der Waals surface area contributed by atoms with Gasteiger partial charge >= 0.3 is 6.09 Å². The van der Waals surface area contributed by atoms with Crippen molar-refractivity contribution in [3.8, 4) is 34.5 Å². The van der Waals surface area contributed by atoms with Crippen LogP contribution in [-0.2, 0) is 6.54 Å². The number of carbonyl (C=O) groups excluding carboxylic acids is 1. The monoisotopic (exact) mass is 708 g/mol. The first kappa shape index (κ1) is 36.9. The van der Waals surface area contributed by atoms with E-state index in [9.17, 15) is 13.6 Å². The molecule has 4 aromatic rings. The van der Waals surface area contributed by atoms with Crippen LogP contribution in [0.25, 0.3) is 0 Å². The number of ether oxygens (including phenoxy) is 6. The van der Waals surface area contributed by atoms with E-state index in [4.69, 9.17) is 28.4 Å². The number of hydrogen-bond donors (Lipinski definition) is 1. The summed E-state index contributed by atoms with van der Waals surface area (Å²) in [4.78, 5) is 28.4. The van der Waals surface area contributed by atoms with Crippen molar-refractivity contribution in [1.82, 2.24) is 19.8 Å². The molecule has 0 unspecified atom stereocenters. The highest BCUT2D eigenvalue weighted by atomic mass is 19.1. The molecule has 1 amide bonds. The molecule has 0 atom stereocenters. The van der Waals surface area contributed by atoms with E-state index < -0.39 is 23.5 Å². The van der Waals surface area contributed by atoms with Crippen LogP contribution in [0.2, 0.25) is 0 Å². The number of benzene rings is 3. The van der Waals surface area contributed by atoms with Gasteiger partial charge in [0.05, 0.1) is 41.6 Å². The second kappa shape index (κ2) is 17.5. The molecule has 15 heteroatoms. The molecule has 1 saturated heterocycles. The lowest BCUT2D eigenvalue weighted by Crippen LogP contribution is -2.44. The summed E-state index contributed by atoms with van der Waals surface area (Å²) < 4.78 is 62.5. The molecule has 3 aromatic carbocycles. The minimum absolute atomic E-state index is 0.0555. The average molecular weight is 709 g/mol. The van der Waals surface area contributed by atoms with Crippen molar-refractivity contribution < 1.29 is 42.0 Å². The number of rotatable bonds is 15. The van der Waals surface area contributed by atoms with Gasteiger partial charge in [0.15, 0.2) is 23.1 Å². The van der Waals surface area contributed by atoms with Crippen LogP contribution in [0.5, 0.6) is 34.5 Å². The average Bonchev–Trinajstić information content (AvgIpc) is 3.14. The first-order chi connectivity index (χ1) is 24.7. The lowest BCUT2D eigenvalue weighted by Gasteiger charge is -2.32. The van der Waals surface area contributed by atoms with Gasteiger partial charge in [-0.25, -0.2) is 18.6 Å². The Bertz CT molecular complexity index is 1770. The number of methoxy groups -OCH3 is 4. The molecule has 272 valence electrons. The Labute approximate surface area is 295 Å².